The molecule has 0 aliphatic carbocycles. The summed E-state index contributed by atoms with van der Waals surface area (Å²) in [4.78, 5) is 10.7. The molecule has 70 valence electrons. The molecule has 0 unspecified atom stereocenters. The van der Waals surface area contributed by atoms with Crippen molar-refractivity contribution < 1.29 is 15.6 Å². The molecule has 0 aromatic heterocycles. The number of quaternary nitrogens is 1. The molecule has 0 spiro atoms. The van der Waals surface area contributed by atoms with Crippen LogP contribution in [0.15, 0.2) is 24.3 Å². The van der Waals surface area contributed by atoms with Gasteiger partial charge in [0, 0.05) is 12.5 Å². The number of carboxylic acids is 1. The van der Waals surface area contributed by atoms with Gasteiger partial charge in [-0.05, 0) is 6.07 Å². The van der Waals surface area contributed by atoms with Crippen molar-refractivity contribution in [3.05, 3.63) is 34.9 Å². The molecule has 1 aromatic carbocycles. The fourth-order valence-electron chi connectivity index (χ4n) is 1.02. The van der Waals surface area contributed by atoms with E-state index in [1.165, 1.54) is 6.92 Å². The number of carbonyl (C=O) groups excluding carboxylic acids is 1. The quantitative estimate of drug-likeness (QED) is 0.701. The van der Waals surface area contributed by atoms with Gasteiger partial charge >= 0.3 is 0 Å². The fraction of sp³-hybridized carbons (Fsp3) is 0.222. The number of carboxylic acid groups (broad SMARTS) is 1. The Morgan fingerprint density at radius 2 is 2.08 bits per heavy atom. The second-order valence-corrected chi connectivity index (χ2v) is 3.51. The van der Waals surface area contributed by atoms with E-state index in [-0.39, 0.29) is 0 Å². The number of aliphatic carboxylic acids is 1. The highest BCUT2D eigenvalue weighted by molar-refractivity contribution is 6.31. The smallest absolute Gasteiger partial charge is 0.159 e. The minimum atomic E-state index is -1.29. The average Bonchev–Trinajstić information content (AvgIpc) is 2.04. The molecule has 1 aromatic rings. The lowest BCUT2D eigenvalue weighted by Gasteiger charge is -2.23. The molecular formula is C9H10ClNO2. The topological polar surface area (TPSA) is 67.8 Å². The summed E-state index contributed by atoms with van der Waals surface area (Å²) < 4.78 is 0. The van der Waals surface area contributed by atoms with Crippen molar-refractivity contribution >= 4 is 17.6 Å². The lowest BCUT2D eigenvalue weighted by molar-refractivity contribution is -0.489. The highest BCUT2D eigenvalue weighted by atomic mass is 35.5. The van der Waals surface area contributed by atoms with E-state index in [1.807, 2.05) is 0 Å². The van der Waals surface area contributed by atoms with Gasteiger partial charge in [-0.25, -0.2) is 0 Å². The predicted octanol–water partition coefficient (Wildman–Crippen LogP) is -0.453. The molecule has 0 fully saturated rings. The molecule has 3 N–H and O–H groups in total. The van der Waals surface area contributed by atoms with Gasteiger partial charge < -0.3 is 15.6 Å². The van der Waals surface area contributed by atoms with Crippen molar-refractivity contribution in [2.45, 2.75) is 12.5 Å². The minimum absolute atomic E-state index is 0.393. The first-order valence-electron chi connectivity index (χ1n) is 3.78. The third-order valence-electron chi connectivity index (χ3n) is 1.92. The maximum atomic E-state index is 10.7. The highest BCUT2D eigenvalue weighted by Gasteiger charge is 2.29. The van der Waals surface area contributed by atoms with Crippen LogP contribution < -0.4 is 10.8 Å². The zero-order chi connectivity index (χ0) is 10.1. The van der Waals surface area contributed by atoms with Crippen molar-refractivity contribution in [2.24, 2.45) is 0 Å². The van der Waals surface area contributed by atoms with Gasteiger partial charge in [0.25, 0.3) is 0 Å². The molecule has 0 saturated carbocycles. The first-order valence-corrected chi connectivity index (χ1v) is 4.16. The maximum Gasteiger partial charge on any atom is 0.159 e. The molecule has 3 nitrogen and oxygen atoms in total. The standard InChI is InChI=1S/C9H10ClNO2/c1-9(11,8(12)13)6-4-2-3-5-7(6)10/h2-5H,11H2,1H3,(H,12,13)/t9-/m1/s1. The molecule has 0 bridgehead atoms. The van der Waals surface area contributed by atoms with Crippen molar-refractivity contribution in [3.63, 3.8) is 0 Å². The van der Waals surface area contributed by atoms with Crippen LogP contribution in [0, 0.1) is 0 Å². The molecule has 0 heterocycles. The zero-order valence-corrected chi connectivity index (χ0v) is 7.97. The van der Waals surface area contributed by atoms with Crippen LogP contribution in [0.5, 0.6) is 0 Å². The molecule has 0 radical (unpaired) electrons. The van der Waals surface area contributed by atoms with Gasteiger partial charge in [0.15, 0.2) is 5.54 Å². The normalized spacial score (nSPS) is 15.0. The molecule has 13 heavy (non-hydrogen) atoms. The molecule has 0 aliphatic rings. The van der Waals surface area contributed by atoms with Crippen LogP contribution in [0.4, 0.5) is 0 Å². The summed E-state index contributed by atoms with van der Waals surface area (Å²) in [7, 11) is 0. The van der Waals surface area contributed by atoms with Crippen LogP contribution in [0.1, 0.15) is 12.5 Å². The number of benzene rings is 1. The van der Waals surface area contributed by atoms with Crippen LogP contribution in [0.3, 0.4) is 0 Å². The Morgan fingerprint density at radius 1 is 1.54 bits per heavy atom. The molecular weight excluding hydrogens is 190 g/mol. The van der Waals surface area contributed by atoms with Crippen molar-refractivity contribution in [1.82, 2.24) is 0 Å². The van der Waals surface area contributed by atoms with Gasteiger partial charge in [0.05, 0.1) is 5.02 Å². The van der Waals surface area contributed by atoms with Gasteiger partial charge in [0.1, 0.15) is 5.97 Å². The van der Waals surface area contributed by atoms with Gasteiger partial charge in [-0.2, -0.15) is 0 Å². The Kier molecular flexibility index (Phi) is 2.59. The van der Waals surface area contributed by atoms with E-state index in [9.17, 15) is 9.90 Å². The Morgan fingerprint density at radius 3 is 2.54 bits per heavy atom. The van der Waals surface area contributed by atoms with E-state index < -0.39 is 11.5 Å². The number of rotatable bonds is 2. The van der Waals surface area contributed by atoms with Crippen LogP contribution in [0.25, 0.3) is 0 Å². The zero-order valence-electron chi connectivity index (χ0n) is 7.21. The van der Waals surface area contributed by atoms with E-state index >= 15 is 0 Å². The van der Waals surface area contributed by atoms with Crippen LogP contribution in [-0.4, -0.2) is 5.97 Å². The van der Waals surface area contributed by atoms with Gasteiger partial charge in [-0.1, -0.05) is 29.8 Å². The lowest BCUT2D eigenvalue weighted by atomic mass is 9.93. The second-order valence-electron chi connectivity index (χ2n) is 3.10. The molecule has 0 aliphatic heterocycles. The largest absolute Gasteiger partial charge is 0.543 e. The van der Waals surface area contributed by atoms with E-state index in [2.05, 4.69) is 5.73 Å². The first kappa shape index (κ1) is 10.0. The SMILES string of the molecule is C[C@]([NH3+])(C(=O)[O-])c1ccccc1Cl. The second kappa shape index (κ2) is 3.36. The minimum Gasteiger partial charge on any atom is -0.543 e. The van der Waals surface area contributed by atoms with Gasteiger partial charge in [0.2, 0.25) is 0 Å². The summed E-state index contributed by atoms with van der Waals surface area (Å²) in [6, 6.07) is 6.71. The lowest BCUT2D eigenvalue weighted by Crippen LogP contribution is -2.75. The third kappa shape index (κ3) is 1.82. The first-order chi connectivity index (χ1) is 5.96. The van der Waals surface area contributed by atoms with Crippen LogP contribution >= 0.6 is 11.6 Å². The van der Waals surface area contributed by atoms with Gasteiger partial charge in [-0.15, -0.1) is 0 Å². The summed E-state index contributed by atoms with van der Waals surface area (Å²) >= 11 is 5.82. The molecule has 1 atom stereocenters. The third-order valence-corrected chi connectivity index (χ3v) is 2.25. The summed E-state index contributed by atoms with van der Waals surface area (Å²) in [5.41, 5.74) is 2.73. The Balaban J connectivity index is 3.22. The summed E-state index contributed by atoms with van der Waals surface area (Å²) in [6.45, 7) is 1.46. The van der Waals surface area contributed by atoms with Gasteiger partial charge in [-0.3, -0.25) is 0 Å². The molecule has 1 rings (SSSR count). The van der Waals surface area contributed by atoms with Crippen LogP contribution in [0.2, 0.25) is 5.02 Å². The van der Waals surface area contributed by atoms with E-state index in [1.54, 1.807) is 24.3 Å². The van der Waals surface area contributed by atoms with Crippen molar-refractivity contribution in [3.8, 4) is 0 Å². The Labute approximate surface area is 81.1 Å². The predicted molar refractivity (Wildman–Crippen MR) is 46.7 cm³/mol. The van der Waals surface area contributed by atoms with Crippen molar-refractivity contribution in [2.75, 3.05) is 0 Å². The fourth-order valence-corrected chi connectivity index (χ4v) is 1.36. The Bertz CT molecular complexity index is 336. The number of hydrogen-bond donors (Lipinski definition) is 1. The summed E-state index contributed by atoms with van der Waals surface area (Å²) in [6.07, 6.45) is 0. The number of carbonyl (C=O) groups is 1. The molecule has 0 saturated heterocycles. The Hall–Kier alpha value is -1.06. The van der Waals surface area contributed by atoms with Crippen molar-refractivity contribution in [1.29, 1.82) is 0 Å². The monoisotopic (exact) mass is 199 g/mol. The molecule has 0 amide bonds. The van der Waals surface area contributed by atoms with Crippen LogP contribution in [-0.2, 0) is 10.3 Å². The van der Waals surface area contributed by atoms with E-state index in [4.69, 9.17) is 11.6 Å². The molecule has 4 heteroatoms. The number of halogens is 1. The summed E-state index contributed by atoms with van der Waals surface area (Å²) in [5.74, 6) is -1.24. The van der Waals surface area contributed by atoms with E-state index in [0.717, 1.165) is 0 Å². The average molecular weight is 200 g/mol. The highest BCUT2D eigenvalue weighted by Crippen LogP contribution is 2.23. The van der Waals surface area contributed by atoms with E-state index in [0.29, 0.717) is 10.6 Å². The maximum absolute atomic E-state index is 10.7. The summed E-state index contributed by atoms with van der Waals surface area (Å²) in [5, 5.41) is 11.1. The number of hydrogen-bond acceptors (Lipinski definition) is 2.